The molecule has 25 heavy (non-hydrogen) atoms. The highest BCUT2D eigenvalue weighted by molar-refractivity contribution is 5.85. The summed E-state index contributed by atoms with van der Waals surface area (Å²) in [6.07, 6.45) is 0.311. The van der Waals surface area contributed by atoms with Crippen molar-refractivity contribution in [2.24, 2.45) is 5.73 Å². The fraction of sp³-hybridized carbons (Fsp3) is 0.350. The first-order valence-corrected chi connectivity index (χ1v) is 8.17. The lowest BCUT2D eigenvalue weighted by atomic mass is 10.0. The summed E-state index contributed by atoms with van der Waals surface area (Å²) in [6, 6.07) is 15.8. The van der Waals surface area contributed by atoms with Crippen molar-refractivity contribution in [3.8, 4) is 5.75 Å². The Labute approximate surface area is 156 Å². The highest BCUT2D eigenvalue weighted by Gasteiger charge is 2.18. The van der Waals surface area contributed by atoms with E-state index in [9.17, 15) is 4.79 Å². The van der Waals surface area contributed by atoms with Gasteiger partial charge in [0.2, 0.25) is 5.91 Å². The molecule has 0 aliphatic carbocycles. The predicted molar refractivity (Wildman–Crippen MR) is 104 cm³/mol. The Balaban J connectivity index is 0.00000312. The van der Waals surface area contributed by atoms with Gasteiger partial charge in [-0.05, 0) is 49.6 Å². The van der Waals surface area contributed by atoms with Gasteiger partial charge in [0.15, 0.2) is 0 Å². The second kappa shape index (κ2) is 9.44. The minimum absolute atomic E-state index is 0. The summed E-state index contributed by atoms with van der Waals surface area (Å²) in [5.74, 6) is 0.725. The first-order valence-electron chi connectivity index (χ1n) is 8.17. The summed E-state index contributed by atoms with van der Waals surface area (Å²) in [4.78, 5) is 12.1. The largest absolute Gasteiger partial charge is 0.489 e. The van der Waals surface area contributed by atoms with Crippen LogP contribution in [0.2, 0.25) is 0 Å². The Morgan fingerprint density at radius 3 is 2.56 bits per heavy atom. The smallest absolute Gasteiger partial charge is 0.224 e. The topological polar surface area (TPSA) is 64.3 Å². The van der Waals surface area contributed by atoms with Crippen LogP contribution >= 0.6 is 12.4 Å². The molecule has 0 spiro atoms. The van der Waals surface area contributed by atoms with Crippen LogP contribution in [0.25, 0.3) is 0 Å². The maximum absolute atomic E-state index is 12.1. The number of carbonyl (C=O) groups excluding carboxylic acids is 1. The minimum atomic E-state index is -0.393. The monoisotopic (exact) mass is 362 g/mol. The minimum Gasteiger partial charge on any atom is -0.489 e. The van der Waals surface area contributed by atoms with Crippen molar-refractivity contribution >= 4 is 18.3 Å². The van der Waals surface area contributed by atoms with Crippen LogP contribution in [0.3, 0.4) is 0 Å². The molecule has 0 aliphatic rings. The van der Waals surface area contributed by atoms with Gasteiger partial charge in [-0.25, -0.2) is 0 Å². The van der Waals surface area contributed by atoms with E-state index in [1.165, 1.54) is 5.56 Å². The first kappa shape index (κ1) is 21.0. The van der Waals surface area contributed by atoms with Gasteiger partial charge in [-0.15, -0.1) is 12.4 Å². The number of halogens is 1. The maximum atomic E-state index is 12.1. The second-order valence-corrected chi connectivity index (χ2v) is 6.68. The van der Waals surface area contributed by atoms with E-state index < -0.39 is 5.54 Å². The van der Waals surface area contributed by atoms with Crippen molar-refractivity contribution in [2.45, 2.75) is 39.3 Å². The number of ether oxygens (including phenoxy) is 1. The van der Waals surface area contributed by atoms with E-state index >= 15 is 0 Å². The van der Waals surface area contributed by atoms with Gasteiger partial charge in [-0.1, -0.05) is 36.4 Å². The zero-order chi connectivity index (χ0) is 17.6. The van der Waals surface area contributed by atoms with E-state index in [2.05, 4.69) is 24.4 Å². The SMILES string of the molecule is Cc1ccccc1COc1cccc(CC(=O)NC(C)(C)CN)c1.Cl. The van der Waals surface area contributed by atoms with E-state index in [-0.39, 0.29) is 18.3 Å². The van der Waals surface area contributed by atoms with Gasteiger partial charge in [0.05, 0.1) is 6.42 Å². The lowest BCUT2D eigenvalue weighted by molar-refractivity contribution is -0.121. The lowest BCUT2D eigenvalue weighted by Crippen LogP contribution is -2.49. The molecule has 2 rings (SSSR count). The number of rotatable bonds is 7. The molecule has 0 aliphatic heterocycles. The van der Waals surface area contributed by atoms with Crippen LogP contribution in [0.1, 0.15) is 30.5 Å². The van der Waals surface area contributed by atoms with Crippen LogP contribution in [-0.2, 0) is 17.8 Å². The molecule has 2 aromatic rings. The molecule has 2 aromatic carbocycles. The summed E-state index contributed by atoms with van der Waals surface area (Å²) < 4.78 is 5.87. The Morgan fingerprint density at radius 2 is 1.88 bits per heavy atom. The number of benzene rings is 2. The van der Waals surface area contributed by atoms with Crippen molar-refractivity contribution in [3.05, 3.63) is 65.2 Å². The van der Waals surface area contributed by atoms with Gasteiger partial charge in [0.1, 0.15) is 12.4 Å². The summed E-state index contributed by atoms with van der Waals surface area (Å²) in [5, 5.41) is 2.93. The lowest BCUT2D eigenvalue weighted by Gasteiger charge is -2.24. The third-order valence-electron chi connectivity index (χ3n) is 3.91. The molecule has 4 nitrogen and oxygen atoms in total. The Kier molecular flexibility index (Phi) is 7.94. The van der Waals surface area contributed by atoms with Crippen LogP contribution in [0, 0.1) is 6.92 Å². The van der Waals surface area contributed by atoms with Gasteiger partial charge in [-0.3, -0.25) is 4.79 Å². The van der Waals surface area contributed by atoms with E-state index in [0.29, 0.717) is 19.6 Å². The second-order valence-electron chi connectivity index (χ2n) is 6.68. The number of hydrogen-bond acceptors (Lipinski definition) is 3. The van der Waals surface area contributed by atoms with Gasteiger partial charge < -0.3 is 15.8 Å². The van der Waals surface area contributed by atoms with Crippen molar-refractivity contribution < 1.29 is 9.53 Å². The molecule has 1 amide bonds. The van der Waals surface area contributed by atoms with E-state index in [4.69, 9.17) is 10.5 Å². The Hall–Kier alpha value is -2.04. The Morgan fingerprint density at radius 1 is 1.16 bits per heavy atom. The molecule has 0 bridgehead atoms. The molecular formula is C20H27ClN2O2. The van der Waals surface area contributed by atoms with Crippen LogP contribution in [0.5, 0.6) is 5.75 Å². The molecule has 5 heteroatoms. The molecule has 0 aromatic heterocycles. The molecule has 3 N–H and O–H groups in total. The molecule has 0 atom stereocenters. The third-order valence-corrected chi connectivity index (χ3v) is 3.91. The Bertz CT molecular complexity index is 702. The summed E-state index contributed by atoms with van der Waals surface area (Å²) in [6.45, 7) is 6.80. The van der Waals surface area contributed by atoms with Gasteiger partial charge >= 0.3 is 0 Å². The molecule has 0 saturated carbocycles. The van der Waals surface area contributed by atoms with Crippen molar-refractivity contribution in [2.75, 3.05) is 6.54 Å². The first-order chi connectivity index (χ1) is 11.4. The molecule has 0 unspecified atom stereocenters. The summed E-state index contributed by atoms with van der Waals surface area (Å²) >= 11 is 0. The van der Waals surface area contributed by atoms with Crippen LogP contribution < -0.4 is 15.8 Å². The summed E-state index contributed by atoms with van der Waals surface area (Å²) in [7, 11) is 0. The standard InChI is InChI=1S/C20H26N2O2.ClH/c1-15-7-4-5-9-17(15)13-24-18-10-6-8-16(11-18)12-19(23)22-20(2,3)14-21;/h4-11H,12-14,21H2,1-3H3,(H,22,23);1H. The molecule has 0 radical (unpaired) electrons. The van der Waals surface area contributed by atoms with Crippen molar-refractivity contribution in [1.29, 1.82) is 0 Å². The fourth-order valence-corrected chi connectivity index (χ4v) is 2.34. The average Bonchev–Trinajstić information content (AvgIpc) is 2.54. The van der Waals surface area contributed by atoms with E-state index in [1.54, 1.807) is 0 Å². The van der Waals surface area contributed by atoms with Crippen molar-refractivity contribution in [3.63, 3.8) is 0 Å². The molecule has 0 saturated heterocycles. The normalized spacial score (nSPS) is 10.7. The van der Waals surface area contributed by atoms with Gasteiger partial charge in [0, 0.05) is 12.1 Å². The van der Waals surface area contributed by atoms with Gasteiger partial charge in [0.25, 0.3) is 0 Å². The number of nitrogens with one attached hydrogen (secondary N) is 1. The van der Waals surface area contributed by atoms with E-state index in [0.717, 1.165) is 16.9 Å². The molecule has 136 valence electrons. The fourth-order valence-electron chi connectivity index (χ4n) is 2.34. The quantitative estimate of drug-likeness (QED) is 0.793. The number of aryl methyl sites for hydroxylation is 1. The highest BCUT2D eigenvalue weighted by atomic mass is 35.5. The zero-order valence-corrected chi connectivity index (χ0v) is 15.9. The van der Waals surface area contributed by atoms with Crippen LogP contribution in [0.4, 0.5) is 0 Å². The summed E-state index contributed by atoms with van der Waals surface area (Å²) in [5.41, 5.74) is 8.53. The molecule has 0 fully saturated rings. The number of hydrogen-bond donors (Lipinski definition) is 2. The van der Waals surface area contributed by atoms with Gasteiger partial charge in [-0.2, -0.15) is 0 Å². The van der Waals surface area contributed by atoms with E-state index in [1.807, 2.05) is 50.2 Å². The molecular weight excluding hydrogens is 336 g/mol. The highest BCUT2D eigenvalue weighted by Crippen LogP contribution is 2.17. The maximum Gasteiger partial charge on any atom is 0.224 e. The van der Waals surface area contributed by atoms with Crippen LogP contribution in [-0.4, -0.2) is 18.0 Å². The molecule has 0 heterocycles. The third kappa shape index (κ3) is 6.77. The predicted octanol–water partition coefficient (Wildman–Crippen LogP) is 3.39. The average molecular weight is 363 g/mol. The number of amides is 1. The number of nitrogens with two attached hydrogens (primary N) is 1. The van der Waals surface area contributed by atoms with Crippen molar-refractivity contribution in [1.82, 2.24) is 5.32 Å². The number of carbonyl (C=O) groups is 1. The zero-order valence-electron chi connectivity index (χ0n) is 15.0. The van der Waals surface area contributed by atoms with Crippen LogP contribution in [0.15, 0.2) is 48.5 Å².